The Bertz CT molecular complexity index is 386. The summed E-state index contributed by atoms with van der Waals surface area (Å²) < 4.78 is 4.83. The lowest BCUT2D eigenvalue weighted by atomic mass is 10.1. The number of esters is 1. The highest BCUT2D eigenvalue weighted by atomic mass is 31.1. The zero-order valence-electron chi connectivity index (χ0n) is 11.9. The molecule has 0 heterocycles. The van der Waals surface area contributed by atoms with E-state index in [4.69, 9.17) is 4.74 Å². The van der Waals surface area contributed by atoms with Crippen LogP contribution in [-0.4, -0.2) is 39.7 Å². The van der Waals surface area contributed by atoms with Gasteiger partial charge in [0, 0.05) is 0 Å². The second-order valence-corrected chi connectivity index (χ2v) is 9.96. The summed E-state index contributed by atoms with van der Waals surface area (Å²) in [5.41, 5.74) is 3.22. The van der Waals surface area contributed by atoms with Crippen LogP contribution in [0.25, 0.3) is 0 Å². The number of methoxy groups -OCH3 is 1. The number of carbonyl (C=O) groups is 1. The Balaban J connectivity index is 3.07. The predicted octanol–water partition coefficient (Wildman–Crippen LogP) is 3.96. The first-order valence-electron chi connectivity index (χ1n) is 5.93. The van der Waals surface area contributed by atoms with Crippen LogP contribution < -0.4 is 0 Å². The highest BCUT2D eigenvalue weighted by molar-refractivity contribution is 7.55. The van der Waals surface area contributed by atoms with Gasteiger partial charge in [0.1, 0.15) is 0 Å². The minimum Gasteiger partial charge on any atom is -0.465 e. The van der Waals surface area contributed by atoms with Gasteiger partial charge in [-0.15, -0.1) is 15.8 Å². The summed E-state index contributed by atoms with van der Waals surface area (Å²) in [4.78, 5) is 11.7. The van der Waals surface area contributed by atoms with Gasteiger partial charge in [-0.3, -0.25) is 0 Å². The van der Waals surface area contributed by atoms with E-state index in [1.807, 2.05) is 12.1 Å². The third kappa shape index (κ3) is 5.04. The third-order valence-electron chi connectivity index (χ3n) is 2.47. The Morgan fingerprint density at radius 2 is 1.44 bits per heavy atom. The van der Waals surface area contributed by atoms with Crippen LogP contribution in [0.3, 0.4) is 0 Å². The molecular formula is C14H22O2P2. The molecule has 0 atom stereocenters. The van der Waals surface area contributed by atoms with E-state index >= 15 is 0 Å². The summed E-state index contributed by atoms with van der Waals surface area (Å²) in [6.45, 7) is 9.03. The maximum atomic E-state index is 11.7. The lowest BCUT2D eigenvalue weighted by Gasteiger charge is -2.12. The molecule has 0 bridgehead atoms. The van der Waals surface area contributed by atoms with Gasteiger partial charge in [0.05, 0.1) is 12.7 Å². The lowest BCUT2D eigenvalue weighted by Crippen LogP contribution is -2.03. The highest BCUT2D eigenvalue weighted by Crippen LogP contribution is 2.34. The number of hydrogen-bond donors (Lipinski definition) is 0. The number of rotatable bonds is 5. The molecule has 0 aliphatic carbocycles. The van der Waals surface area contributed by atoms with Crippen LogP contribution in [0.5, 0.6) is 0 Å². The molecule has 1 aromatic rings. The largest absolute Gasteiger partial charge is 0.465 e. The van der Waals surface area contributed by atoms with Crippen molar-refractivity contribution in [3.8, 4) is 0 Å². The molecule has 0 fully saturated rings. The SMILES string of the molecule is COC(=O)c1cc(CP(C)C)cc(CP(C)C)c1. The molecule has 0 aromatic heterocycles. The normalized spacial score (nSPS) is 11.1. The van der Waals surface area contributed by atoms with Crippen molar-refractivity contribution in [2.45, 2.75) is 12.3 Å². The van der Waals surface area contributed by atoms with Crippen molar-refractivity contribution in [2.75, 3.05) is 33.8 Å². The van der Waals surface area contributed by atoms with Gasteiger partial charge >= 0.3 is 5.97 Å². The minimum atomic E-state index is -0.230. The molecule has 1 rings (SSSR count). The lowest BCUT2D eigenvalue weighted by molar-refractivity contribution is 0.0600. The quantitative estimate of drug-likeness (QED) is 0.604. The van der Waals surface area contributed by atoms with E-state index < -0.39 is 0 Å². The van der Waals surface area contributed by atoms with E-state index in [2.05, 4.69) is 32.7 Å². The fourth-order valence-electron chi connectivity index (χ4n) is 1.91. The van der Waals surface area contributed by atoms with E-state index in [1.54, 1.807) is 0 Å². The zero-order chi connectivity index (χ0) is 13.7. The Morgan fingerprint density at radius 3 is 1.78 bits per heavy atom. The van der Waals surface area contributed by atoms with Crippen molar-refractivity contribution < 1.29 is 9.53 Å². The standard InChI is InChI=1S/C14H22O2P2/c1-16-14(15)13-7-11(9-17(2)3)6-12(8-13)10-18(4)5/h6-8H,9-10H2,1-5H3. The van der Waals surface area contributed by atoms with E-state index in [-0.39, 0.29) is 21.8 Å². The van der Waals surface area contributed by atoms with Crippen LogP contribution in [-0.2, 0) is 17.1 Å². The first-order chi connectivity index (χ1) is 8.42. The van der Waals surface area contributed by atoms with Crippen molar-refractivity contribution in [3.05, 3.63) is 34.9 Å². The fraction of sp³-hybridized carbons (Fsp3) is 0.500. The van der Waals surface area contributed by atoms with Crippen LogP contribution in [0.4, 0.5) is 0 Å². The Labute approximate surface area is 113 Å². The molecule has 1 aromatic carbocycles. The molecule has 18 heavy (non-hydrogen) atoms. The van der Waals surface area contributed by atoms with Gasteiger partial charge in [0.15, 0.2) is 0 Å². The molecule has 0 N–H and O–H groups in total. The Hall–Kier alpha value is -0.450. The van der Waals surface area contributed by atoms with Crippen molar-refractivity contribution in [2.24, 2.45) is 0 Å². The van der Waals surface area contributed by atoms with Gasteiger partial charge in [-0.25, -0.2) is 4.79 Å². The second-order valence-electron chi connectivity index (χ2n) is 5.01. The van der Waals surface area contributed by atoms with E-state index in [0.717, 1.165) is 12.3 Å². The number of benzene rings is 1. The maximum Gasteiger partial charge on any atom is 0.337 e. The maximum absolute atomic E-state index is 11.7. The van der Waals surface area contributed by atoms with Crippen molar-refractivity contribution in [1.82, 2.24) is 0 Å². The smallest absolute Gasteiger partial charge is 0.337 e. The average molecular weight is 284 g/mol. The monoisotopic (exact) mass is 284 g/mol. The molecule has 0 aliphatic heterocycles. The van der Waals surface area contributed by atoms with Gasteiger partial charge in [-0.2, -0.15) is 0 Å². The molecule has 0 radical (unpaired) electrons. The van der Waals surface area contributed by atoms with Gasteiger partial charge in [0.2, 0.25) is 0 Å². The van der Waals surface area contributed by atoms with E-state index in [1.165, 1.54) is 18.2 Å². The molecule has 4 heteroatoms. The van der Waals surface area contributed by atoms with Crippen LogP contribution in [0.15, 0.2) is 18.2 Å². The van der Waals surface area contributed by atoms with E-state index in [0.29, 0.717) is 5.56 Å². The highest BCUT2D eigenvalue weighted by Gasteiger charge is 2.10. The summed E-state index contributed by atoms with van der Waals surface area (Å²) in [5, 5.41) is 0. The van der Waals surface area contributed by atoms with Crippen LogP contribution in [0.2, 0.25) is 0 Å². The molecule has 0 saturated heterocycles. The Kier molecular flexibility index (Phi) is 6.26. The average Bonchev–Trinajstić information content (AvgIpc) is 2.25. The molecule has 0 amide bonds. The number of hydrogen-bond acceptors (Lipinski definition) is 2. The first-order valence-corrected chi connectivity index (χ1v) is 10.8. The molecule has 2 nitrogen and oxygen atoms in total. The fourth-order valence-corrected chi connectivity index (χ4v) is 3.74. The zero-order valence-corrected chi connectivity index (χ0v) is 13.6. The van der Waals surface area contributed by atoms with Gasteiger partial charge in [-0.1, -0.05) is 6.07 Å². The predicted molar refractivity (Wildman–Crippen MR) is 82.7 cm³/mol. The summed E-state index contributed by atoms with van der Waals surface area (Å²) in [5.74, 6) is -0.230. The number of ether oxygens (including phenoxy) is 1. The third-order valence-corrected chi connectivity index (χ3v) is 4.47. The summed E-state index contributed by atoms with van der Waals surface area (Å²) in [7, 11) is 1.45. The summed E-state index contributed by atoms with van der Waals surface area (Å²) in [6.07, 6.45) is 2.14. The molecule has 0 aliphatic rings. The first kappa shape index (κ1) is 15.6. The summed E-state index contributed by atoms with van der Waals surface area (Å²) in [6, 6.07) is 6.20. The Morgan fingerprint density at radius 1 is 1.00 bits per heavy atom. The van der Waals surface area contributed by atoms with Gasteiger partial charge < -0.3 is 4.74 Å². The molecule has 0 saturated carbocycles. The van der Waals surface area contributed by atoms with Crippen molar-refractivity contribution in [3.63, 3.8) is 0 Å². The topological polar surface area (TPSA) is 26.3 Å². The van der Waals surface area contributed by atoms with Crippen LogP contribution >= 0.6 is 15.8 Å². The molecule has 0 spiro atoms. The number of carbonyl (C=O) groups excluding carboxylic acids is 1. The van der Waals surface area contributed by atoms with Crippen molar-refractivity contribution >= 4 is 21.8 Å². The minimum absolute atomic E-state index is 0.00778. The second kappa shape index (κ2) is 7.22. The van der Waals surface area contributed by atoms with Crippen LogP contribution in [0.1, 0.15) is 21.5 Å². The summed E-state index contributed by atoms with van der Waals surface area (Å²) >= 11 is 0. The van der Waals surface area contributed by atoms with Gasteiger partial charge in [-0.05, 0) is 62.2 Å². The van der Waals surface area contributed by atoms with Crippen LogP contribution in [0, 0.1) is 0 Å². The molecule has 100 valence electrons. The van der Waals surface area contributed by atoms with Gasteiger partial charge in [0.25, 0.3) is 0 Å². The molecular weight excluding hydrogens is 262 g/mol. The van der Waals surface area contributed by atoms with Crippen molar-refractivity contribution in [1.29, 1.82) is 0 Å². The van der Waals surface area contributed by atoms with E-state index in [9.17, 15) is 4.79 Å². The molecule has 0 unspecified atom stereocenters.